The van der Waals surface area contributed by atoms with Crippen LogP contribution in [0.3, 0.4) is 0 Å². The largest absolute Gasteiger partial charge is 0.403 e. The molecule has 3 nitrogen and oxygen atoms in total. The van der Waals surface area contributed by atoms with E-state index in [-0.39, 0.29) is 0 Å². The molecule has 1 heterocycles. The van der Waals surface area contributed by atoms with Crippen LogP contribution in [0.25, 0.3) is 0 Å². The van der Waals surface area contributed by atoms with Crippen LogP contribution < -0.4 is 5.73 Å². The van der Waals surface area contributed by atoms with Crippen LogP contribution in [0.5, 0.6) is 0 Å². The van der Waals surface area contributed by atoms with Gasteiger partial charge in [-0.1, -0.05) is 6.58 Å². The molecule has 0 spiro atoms. The van der Waals surface area contributed by atoms with Crippen LogP contribution in [0.1, 0.15) is 0 Å². The molecule has 0 atom stereocenters. The average Bonchev–Trinajstić information content (AvgIpc) is 2.04. The molecule has 2 N–H and O–H groups in total. The van der Waals surface area contributed by atoms with Gasteiger partial charge in [-0.2, -0.15) is 0 Å². The van der Waals surface area contributed by atoms with Crippen molar-refractivity contribution in [3.63, 3.8) is 0 Å². The maximum atomic E-state index is 5.29. The van der Waals surface area contributed by atoms with Gasteiger partial charge in [0, 0.05) is 24.8 Å². The highest BCUT2D eigenvalue weighted by Gasteiger charge is 2.00. The summed E-state index contributed by atoms with van der Waals surface area (Å²) < 4.78 is 0. The summed E-state index contributed by atoms with van der Waals surface area (Å²) in [5.41, 5.74) is 6.12. The third-order valence-corrected chi connectivity index (χ3v) is 1.19. The summed E-state index contributed by atoms with van der Waals surface area (Å²) in [7, 11) is 0. The Hall–Kier alpha value is -1.51. The molecule has 0 unspecified atom stereocenters. The number of allylic oxidation sites excluding steroid dienone is 1. The molecule has 0 aliphatic carbocycles. The van der Waals surface area contributed by atoms with E-state index in [0.29, 0.717) is 0 Å². The van der Waals surface area contributed by atoms with Crippen LogP contribution in [-0.4, -0.2) is 11.1 Å². The maximum Gasteiger partial charge on any atom is 0.0790 e. The quantitative estimate of drug-likeness (QED) is 0.577. The lowest BCUT2D eigenvalue weighted by Crippen LogP contribution is -2.13. The average molecular weight is 135 g/mol. The number of nitrogens with two attached hydrogens (primary N) is 1. The Kier molecular flexibility index (Phi) is 1.89. The van der Waals surface area contributed by atoms with E-state index in [2.05, 4.69) is 11.6 Å². The summed E-state index contributed by atoms with van der Waals surface area (Å²) in [4.78, 5) is 5.67. The molecular weight excluding hydrogens is 126 g/mol. The maximum absolute atomic E-state index is 5.29. The normalized spacial score (nSPS) is 20.0. The molecule has 0 aromatic rings. The monoisotopic (exact) mass is 135 g/mol. The van der Waals surface area contributed by atoms with Crippen molar-refractivity contribution in [2.24, 2.45) is 10.7 Å². The van der Waals surface area contributed by atoms with Crippen LogP contribution in [0, 0.1) is 0 Å². The Balaban J connectivity index is 2.83. The molecule has 0 aromatic carbocycles. The first-order valence-electron chi connectivity index (χ1n) is 2.91. The molecule has 0 aromatic heterocycles. The van der Waals surface area contributed by atoms with E-state index in [9.17, 15) is 0 Å². The van der Waals surface area contributed by atoms with E-state index < -0.39 is 0 Å². The molecule has 0 bridgehead atoms. The van der Waals surface area contributed by atoms with Crippen molar-refractivity contribution < 1.29 is 0 Å². The number of nitrogens with zero attached hydrogens (tertiary/aromatic N) is 2. The highest BCUT2D eigenvalue weighted by Crippen LogP contribution is 2.05. The summed E-state index contributed by atoms with van der Waals surface area (Å²) in [5.74, 6) is 0. The van der Waals surface area contributed by atoms with E-state index in [4.69, 9.17) is 5.73 Å². The molecule has 10 heavy (non-hydrogen) atoms. The molecule has 0 saturated carbocycles. The van der Waals surface area contributed by atoms with Gasteiger partial charge >= 0.3 is 0 Å². The number of aliphatic imine (C=N–C) groups is 1. The van der Waals surface area contributed by atoms with Crippen LogP contribution in [-0.2, 0) is 0 Å². The lowest BCUT2D eigenvalue weighted by Gasteiger charge is -2.16. The van der Waals surface area contributed by atoms with Gasteiger partial charge in [0.1, 0.15) is 0 Å². The van der Waals surface area contributed by atoms with E-state index in [1.807, 2.05) is 0 Å². The molecule has 3 heteroatoms. The SMILES string of the molecule is C=CN1C=CN=C/C1=C/N. The van der Waals surface area contributed by atoms with Crippen LogP contribution in [0.2, 0.25) is 0 Å². The standard InChI is InChI=1S/C7H9N3/c1-2-10-4-3-9-6-7(10)5-8/h2-6H,1,8H2/b7-5-. The van der Waals surface area contributed by atoms with Gasteiger partial charge in [-0.05, 0) is 0 Å². The molecule has 0 saturated heterocycles. The van der Waals surface area contributed by atoms with E-state index in [1.165, 1.54) is 6.20 Å². The van der Waals surface area contributed by atoms with E-state index in [0.717, 1.165) is 5.70 Å². The summed E-state index contributed by atoms with van der Waals surface area (Å²) in [6.07, 6.45) is 8.27. The Morgan fingerprint density at radius 3 is 3.00 bits per heavy atom. The number of rotatable bonds is 1. The molecule has 52 valence electrons. The Morgan fingerprint density at radius 1 is 1.70 bits per heavy atom. The third-order valence-electron chi connectivity index (χ3n) is 1.19. The fourth-order valence-corrected chi connectivity index (χ4v) is 0.678. The van der Waals surface area contributed by atoms with Gasteiger partial charge in [-0.25, -0.2) is 0 Å². The zero-order valence-electron chi connectivity index (χ0n) is 5.57. The van der Waals surface area contributed by atoms with Gasteiger partial charge in [0.15, 0.2) is 0 Å². The van der Waals surface area contributed by atoms with Crippen molar-refractivity contribution in [2.75, 3.05) is 0 Å². The van der Waals surface area contributed by atoms with Gasteiger partial charge in [-0.3, -0.25) is 4.99 Å². The van der Waals surface area contributed by atoms with E-state index >= 15 is 0 Å². The van der Waals surface area contributed by atoms with Crippen LogP contribution >= 0.6 is 0 Å². The third kappa shape index (κ3) is 1.07. The number of hydrogen-bond donors (Lipinski definition) is 1. The minimum absolute atomic E-state index is 0.831. The van der Waals surface area contributed by atoms with Gasteiger partial charge in [0.05, 0.1) is 11.9 Å². The topological polar surface area (TPSA) is 41.6 Å². The van der Waals surface area contributed by atoms with Gasteiger partial charge < -0.3 is 10.6 Å². The van der Waals surface area contributed by atoms with Crippen molar-refractivity contribution >= 4 is 6.21 Å². The summed E-state index contributed by atoms with van der Waals surface area (Å²) in [6, 6.07) is 0. The summed E-state index contributed by atoms with van der Waals surface area (Å²) in [6.45, 7) is 3.60. The summed E-state index contributed by atoms with van der Waals surface area (Å²) >= 11 is 0. The predicted molar refractivity (Wildman–Crippen MR) is 41.9 cm³/mol. The number of hydrogen-bond acceptors (Lipinski definition) is 3. The van der Waals surface area contributed by atoms with Gasteiger partial charge in [-0.15, -0.1) is 0 Å². The van der Waals surface area contributed by atoms with Crippen LogP contribution in [0.4, 0.5) is 0 Å². The van der Waals surface area contributed by atoms with Crippen molar-refractivity contribution in [1.82, 2.24) is 4.90 Å². The lowest BCUT2D eigenvalue weighted by atomic mass is 10.4. The van der Waals surface area contributed by atoms with Crippen molar-refractivity contribution in [3.8, 4) is 0 Å². The molecule has 0 radical (unpaired) electrons. The molecule has 1 rings (SSSR count). The molecule has 1 aliphatic heterocycles. The van der Waals surface area contributed by atoms with Crippen molar-refractivity contribution in [3.05, 3.63) is 37.1 Å². The van der Waals surface area contributed by atoms with Crippen LogP contribution in [0.15, 0.2) is 42.1 Å². The highest BCUT2D eigenvalue weighted by molar-refractivity contribution is 5.79. The minimum Gasteiger partial charge on any atom is -0.403 e. The first-order valence-corrected chi connectivity index (χ1v) is 2.91. The Morgan fingerprint density at radius 2 is 2.50 bits per heavy atom. The zero-order valence-corrected chi connectivity index (χ0v) is 5.57. The fourth-order valence-electron chi connectivity index (χ4n) is 0.678. The predicted octanol–water partition coefficient (Wildman–Crippen LogP) is 0.788. The second-order valence-electron chi connectivity index (χ2n) is 1.76. The van der Waals surface area contributed by atoms with Gasteiger partial charge in [0.2, 0.25) is 0 Å². The molecular formula is C7H9N3. The molecule has 0 amide bonds. The van der Waals surface area contributed by atoms with E-state index in [1.54, 1.807) is 29.7 Å². The second-order valence-corrected chi connectivity index (χ2v) is 1.76. The fraction of sp³-hybridized carbons (Fsp3) is 0. The lowest BCUT2D eigenvalue weighted by molar-refractivity contribution is 0.658. The van der Waals surface area contributed by atoms with Crippen molar-refractivity contribution in [1.29, 1.82) is 0 Å². The second kappa shape index (κ2) is 2.87. The first-order chi connectivity index (χ1) is 4.88. The van der Waals surface area contributed by atoms with Crippen molar-refractivity contribution in [2.45, 2.75) is 0 Å². The first kappa shape index (κ1) is 6.61. The smallest absolute Gasteiger partial charge is 0.0790 e. The van der Waals surface area contributed by atoms with Gasteiger partial charge in [0.25, 0.3) is 0 Å². The minimum atomic E-state index is 0.831. The Labute approximate surface area is 59.8 Å². The molecule has 0 fully saturated rings. The highest BCUT2D eigenvalue weighted by atomic mass is 15.1. The zero-order chi connectivity index (χ0) is 7.40. The molecule has 1 aliphatic rings. The Bertz CT molecular complexity index is 213. The summed E-state index contributed by atoms with van der Waals surface area (Å²) in [5, 5.41) is 0.